The number of hydrogen-bond acceptors (Lipinski definition) is 2. The molecule has 1 fully saturated rings. The van der Waals surface area contributed by atoms with Crippen molar-refractivity contribution in [3.63, 3.8) is 0 Å². The maximum Gasteiger partial charge on any atom is 0.390 e. The summed E-state index contributed by atoms with van der Waals surface area (Å²) in [5.41, 5.74) is 1.75. The maximum atomic E-state index is 12.9. The van der Waals surface area contributed by atoms with Gasteiger partial charge in [0.25, 0.3) is 0 Å². The molecule has 0 unspecified atom stereocenters. The Morgan fingerprint density at radius 1 is 1.30 bits per heavy atom. The lowest BCUT2D eigenvalue weighted by Gasteiger charge is -2.36. The van der Waals surface area contributed by atoms with Crippen molar-refractivity contribution >= 4 is 15.9 Å². The number of aryl methyl sites for hydroxylation is 1. The van der Waals surface area contributed by atoms with Gasteiger partial charge in [0, 0.05) is 36.7 Å². The first-order valence-electron chi connectivity index (χ1n) is 6.64. The first-order chi connectivity index (χ1) is 9.37. The van der Waals surface area contributed by atoms with Gasteiger partial charge in [0.1, 0.15) is 0 Å². The fourth-order valence-corrected chi connectivity index (χ4v) is 3.31. The molecular weight excluding hydrogens is 333 g/mol. The van der Waals surface area contributed by atoms with Crippen LogP contribution in [0.15, 0.2) is 22.7 Å². The van der Waals surface area contributed by atoms with Gasteiger partial charge in [0.05, 0.1) is 6.42 Å². The smallest absolute Gasteiger partial charge is 0.314 e. The Hall–Kier alpha value is -0.590. The van der Waals surface area contributed by atoms with Crippen LogP contribution in [0.4, 0.5) is 13.2 Å². The third-order valence-corrected chi connectivity index (χ3v) is 4.22. The Morgan fingerprint density at radius 2 is 1.95 bits per heavy atom. The van der Waals surface area contributed by atoms with Crippen molar-refractivity contribution in [2.24, 2.45) is 0 Å². The largest absolute Gasteiger partial charge is 0.390 e. The summed E-state index contributed by atoms with van der Waals surface area (Å²) in [7, 11) is 0. The third-order valence-electron chi connectivity index (χ3n) is 3.53. The molecule has 1 N–H and O–H groups in total. The molecule has 1 atom stereocenters. The van der Waals surface area contributed by atoms with Crippen molar-refractivity contribution in [1.82, 2.24) is 10.2 Å². The number of nitrogens with one attached hydrogen (secondary N) is 1. The molecule has 0 bridgehead atoms. The number of rotatable bonds is 3. The first kappa shape index (κ1) is 15.8. The number of alkyl halides is 3. The van der Waals surface area contributed by atoms with Gasteiger partial charge in [-0.25, -0.2) is 0 Å². The number of piperazine rings is 1. The van der Waals surface area contributed by atoms with Crippen LogP contribution in [0.2, 0.25) is 0 Å². The second-order valence-electron chi connectivity index (χ2n) is 5.15. The zero-order chi connectivity index (χ0) is 14.8. The molecule has 1 aromatic carbocycles. The zero-order valence-electron chi connectivity index (χ0n) is 11.3. The predicted octanol–water partition coefficient (Wildman–Crippen LogP) is 3.66. The van der Waals surface area contributed by atoms with Gasteiger partial charge in [0.2, 0.25) is 0 Å². The van der Waals surface area contributed by atoms with Crippen LogP contribution in [-0.2, 0) is 0 Å². The van der Waals surface area contributed by atoms with E-state index in [2.05, 4.69) is 21.2 Å². The van der Waals surface area contributed by atoms with E-state index in [-0.39, 0.29) is 0 Å². The molecule has 1 aromatic rings. The van der Waals surface area contributed by atoms with E-state index in [9.17, 15) is 13.2 Å². The van der Waals surface area contributed by atoms with Gasteiger partial charge in [0.15, 0.2) is 0 Å². The van der Waals surface area contributed by atoms with Gasteiger partial charge >= 0.3 is 6.18 Å². The molecule has 1 saturated heterocycles. The first-order valence-corrected chi connectivity index (χ1v) is 7.44. The molecular formula is C14H18BrF3N2. The fourth-order valence-electron chi connectivity index (χ4n) is 2.55. The van der Waals surface area contributed by atoms with Crippen LogP contribution in [0.1, 0.15) is 23.6 Å². The highest BCUT2D eigenvalue weighted by Crippen LogP contribution is 2.37. The van der Waals surface area contributed by atoms with Crippen molar-refractivity contribution in [1.29, 1.82) is 0 Å². The summed E-state index contributed by atoms with van der Waals surface area (Å²) in [6, 6.07) is 4.93. The fraction of sp³-hybridized carbons (Fsp3) is 0.571. The van der Waals surface area contributed by atoms with Gasteiger partial charge < -0.3 is 5.32 Å². The summed E-state index contributed by atoms with van der Waals surface area (Å²) in [5, 5.41) is 3.17. The highest BCUT2D eigenvalue weighted by atomic mass is 79.9. The molecule has 2 rings (SSSR count). The molecule has 2 nitrogen and oxygen atoms in total. The van der Waals surface area contributed by atoms with Gasteiger partial charge in [-0.3, -0.25) is 4.90 Å². The lowest BCUT2D eigenvalue weighted by Crippen LogP contribution is -2.46. The minimum absolute atomic E-state index is 0.618. The third kappa shape index (κ3) is 4.20. The van der Waals surface area contributed by atoms with E-state index >= 15 is 0 Å². The van der Waals surface area contributed by atoms with E-state index in [4.69, 9.17) is 0 Å². The molecule has 20 heavy (non-hydrogen) atoms. The van der Waals surface area contributed by atoms with E-state index in [1.807, 2.05) is 24.0 Å². The summed E-state index contributed by atoms with van der Waals surface area (Å²) < 4.78 is 39.5. The van der Waals surface area contributed by atoms with E-state index < -0.39 is 18.6 Å². The summed E-state index contributed by atoms with van der Waals surface area (Å²) >= 11 is 3.41. The molecule has 0 saturated carbocycles. The van der Waals surface area contributed by atoms with Crippen molar-refractivity contribution in [3.8, 4) is 0 Å². The average molecular weight is 351 g/mol. The van der Waals surface area contributed by atoms with Crippen LogP contribution in [0, 0.1) is 6.92 Å². The van der Waals surface area contributed by atoms with E-state index in [0.29, 0.717) is 13.1 Å². The van der Waals surface area contributed by atoms with E-state index in [1.54, 1.807) is 6.07 Å². The van der Waals surface area contributed by atoms with Gasteiger partial charge in [-0.2, -0.15) is 13.2 Å². The second kappa shape index (κ2) is 6.45. The Bertz CT molecular complexity index is 456. The average Bonchev–Trinajstić information content (AvgIpc) is 2.36. The zero-order valence-corrected chi connectivity index (χ0v) is 12.9. The lowest BCUT2D eigenvalue weighted by atomic mass is 9.99. The Balaban J connectivity index is 2.29. The highest BCUT2D eigenvalue weighted by Gasteiger charge is 2.36. The topological polar surface area (TPSA) is 15.3 Å². The summed E-state index contributed by atoms with van der Waals surface area (Å²) in [4.78, 5) is 1.92. The lowest BCUT2D eigenvalue weighted by molar-refractivity contribution is -0.148. The van der Waals surface area contributed by atoms with E-state index in [0.717, 1.165) is 28.7 Å². The van der Waals surface area contributed by atoms with Gasteiger partial charge in [-0.05, 0) is 24.1 Å². The normalized spacial score (nSPS) is 19.1. The number of nitrogens with zero attached hydrogens (tertiary/aromatic N) is 1. The molecule has 0 aliphatic carbocycles. The predicted molar refractivity (Wildman–Crippen MR) is 76.7 cm³/mol. The number of halogens is 4. The minimum Gasteiger partial charge on any atom is -0.314 e. The van der Waals surface area contributed by atoms with Crippen LogP contribution < -0.4 is 5.32 Å². The van der Waals surface area contributed by atoms with Crippen LogP contribution in [0.3, 0.4) is 0 Å². The van der Waals surface area contributed by atoms with E-state index in [1.165, 1.54) is 0 Å². The van der Waals surface area contributed by atoms with Crippen molar-refractivity contribution in [3.05, 3.63) is 33.8 Å². The number of hydrogen-bond donors (Lipinski definition) is 1. The standard InChI is InChI=1S/C14H18BrF3N2/c1-10-2-3-11(12(15)8-10)13(9-14(16,17)18)20-6-4-19-5-7-20/h2-3,8,13,19H,4-7,9H2,1H3/t13-/m0/s1. The molecule has 112 valence electrons. The number of benzene rings is 1. The summed E-state index contributed by atoms with van der Waals surface area (Å²) in [6.07, 6.45) is -4.98. The molecule has 6 heteroatoms. The van der Waals surface area contributed by atoms with Crippen LogP contribution in [0.25, 0.3) is 0 Å². The molecule has 1 aliphatic heterocycles. The minimum atomic E-state index is -4.17. The van der Waals surface area contributed by atoms with Crippen LogP contribution in [-0.4, -0.2) is 37.3 Å². The SMILES string of the molecule is Cc1ccc([C@H](CC(F)(F)F)N2CCNCC2)c(Br)c1. The molecule has 0 radical (unpaired) electrons. The molecule has 0 amide bonds. The molecule has 0 spiro atoms. The monoisotopic (exact) mass is 350 g/mol. The highest BCUT2D eigenvalue weighted by molar-refractivity contribution is 9.10. The quantitative estimate of drug-likeness (QED) is 0.894. The Labute approximate surface area is 125 Å². The van der Waals surface area contributed by atoms with Crippen molar-refractivity contribution in [2.45, 2.75) is 25.6 Å². The van der Waals surface area contributed by atoms with Crippen molar-refractivity contribution in [2.75, 3.05) is 26.2 Å². The molecule has 1 heterocycles. The molecule has 0 aromatic heterocycles. The summed E-state index contributed by atoms with van der Waals surface area (Å²) in [5.74, 6) is 0. The Kier molecular flexibility index (Phi) is 5.09. The van der Waals surface area contributed by atoms with Crippen LogP contribution in [0.5, 0.6) is 0 Å². The maximum absolute atomic E-state index is 12.9. The van der Waals surface area contributed by atoms with Crippen molar-refractivity contribution < 1.29 is 13.2 Å². The molecule has 1 aliphatic rings. The summed E-state index contributed by atoms with van der Waals surface area (Å²) in [6.45, 7) is 4.68. The Morgan fingerprint density at radius 3 is 2.50 bits per heavy atom. The second-order valence-corrected chi connectivity index (χ2v) is 6.00. The van der Waals surface area contributed by atoms with Gasteiger partial charge in [-0.15, -0.1) is 0 Å². The van der Waals surface area contributed by atoms with Crippen LogP contribution >= 0.6 is 15.9 Å². The van der Waals surface area contributed by atoms with Gasteiger partial charge in [-0.1, -0.05) is 28.1 Å².